The van der Waals surface area contributed by atoms with Crippen molar-refractivity contribution in [3.8, 4) is 0 Å². The Labute approximate surface area is 118 Å². The Bertz CT molecular complexity index is 589. The van der Waals surface area contributed by atoms with E-state index >= 15 is 0 Å². The summed E-state index contributed by atoms with van der Waals surface area (Å²) < 4.78 is 45.3. The quantitative estimate of drug-likeness (QED) is 0.902. The molecule has 1 aromatic rings. The molecule has 1 aromatic carbocycles. The second kappa shape index (κ2) is 5.40. The first-order chi connectivity index (χ1) is 9.24. The summed E-state index contributed by atoms with van der Waals surface area (Å²) in [6.07, 6.45) is -0.359. The predicted octanol–water partition coefficient (Wildman–Crippen LogP) is 0.953. The van der Waals surface area contributed by atoms with Crippen molar-refractivity contribution in [1.29, 1.82) is 0 Å². The fourth-order valence-corrected chi connectivity index (χ4v) is 3.98. The first kappa shape index (κ1) is 15.4. The predicted molar refractivity (Wildman–Crippen MR) is 73.2 cm³/mol. The summed E-state index contributed by atoms with van der Waals surface area (Å²) in [5, 5.41) is 0. The highest BCUT2D eigenvalue weighted by Crippen LogP contribution is 2.26. The molecule has 112 valence electrons. The lowest BCUT2D eigenvalue weighted by Gasteiger charge is -2.41. The molecular weight excluding hydrogens is 283 g/mol. The van der Waals surface area contributed by atoms with Gasteiger partial charge in [0.05, 0.1) is 16.6 Å². The van der Waals surface area contributed by atoms with E-state index in [2.05, 4.69) is 0 Å². The van der Waals surface area contributed by atoms with Crippen LogP contribution in [0.5, 0.6) is 0 Å². The number of nitrogens with two attached hydrogens (primary N) is 1. The summed E-state index contributed by atoms with van der Waals surface area (Å²) >= 11 is 0. The van der Waals surface area contributed by atoms with E-state index in [1.807, 2.05) is 13.8 Å². The number of nitrogens with zero attached hydrogens (tertiary/aromatic N) is 1. The number of sulfonamides is 1. The van der Waals surface area contributed by atoms with Crippen molar-refractivity contribution in [3.05, 3.63) is 30.1 Å². The van der Waals surface area contributed by atoms with Gasteiger partial charge >= 0.3 is 0 Å². The normalized spacial score (nSPS) is 23.7. The fourth-order valence-electron chi connectivity index (χ4n) is 2.32. The van der Waals surface area contributed by atoms with Crippen molar-refractivity contribution >= 4 is 10.0 Å². The molecule has 1 heterocycles. The number of benzene rings is 1. The maximum Gasteiger partial charge on any atom is 0.243 e. The van der Waals surface area contributed by atoms with Gasteiger partial charge in [0.2, 0.25) is 10.0 Å². The summed E-state index contributed by atoms with van der Waals surface area (Å²) in [7, 11) is -3.74. The SMILES string of the molecule is CC1(C)CN(S(=O)(=O)c2cccc(F)c2)CC(CN)O1. The number of rotatable bonds is 3. The minimum atomic E-state index is -3.74. The van der Waals surface area contributed by atoms with Crippen LogP contribution < -0.4 is 5.73 Å². The van der Waals surface area contributed by atoms with Crippen LogP contribution in [0, 0.1) is 5.82 Å². The molecule has 0 saturated carbocycles. The van der Waals surface area contributed by atoms with Gasteiger partial charge in [0.15, 0.2) is 0 Å². The highest BCUT2D eigenvalue weighted by molar-refractivity contribution is 7.89. The molecule has 1 unspecified atom stereocenters. The van der Waals surface area contributed by atoms with Gasteiger partial charge in [-0.3, -0.25) is 0 Å². The Balaban J connectivity index is 2.33. The molecule has 5 nitrogen and oxygen atoms in total. The first-order valence-corrected chi connectivity index (χ1v) is 7.82. The van der Waals surface area contributed by atoms with E-state index in [1.54, 1.807) is 0 Å². The molecule has 1 aliphatic heterocycles. The number of halogens is 1. The van der Waals surface area contributed by atoms with Gasteiger partial charge in [-0.2, -0.15) is 4.31 Å². The lowest BCUT2D eigenvalue weighted by Crippen LogP contribution is -2.56. The average Bonchev–Trinajstić information content (AvgIpc) is 2.36. The van der Waals surface area contributed by atoms with Gasteiger partial charge in [0.1, 0.15) is 5.82 Å². The van der Waals surface area contributed by atoms with E-state index in [-0.39, 0.29) is 30.6 Å². The molecule has 1 aliphatic rings. The third-order valence-electron chi connectivity index (χ3n) is 3.15. The molecule has 0 radical (unpaired) electrons. The Hall–Kier alpha value is -1.02. The van der Waals surface area contributed by atoms with Gasteiger partial charge in [0, 0.05) is 19.6 Å². The standard InChI is InChI=1S/C13H19FN2O3S/c1-13(2)9-16(8-11(7-15)19-13)20(17,18)12-5-3-4-10(14)6-12/h3-6,11H,7-9,15H2,1-2H3. The van der Waals surface area contributed by atoms with Gasteiger partial charge in [-0.1, -0.05) is 6.07 Å². The van der Waals surface area contributed by atoms with Crippen LogP contribution in [0.4, 0.5) is 4.39 Å². The number of ether oxygens (including phenoxy) is 1. The molecule has 1 saturated heterocycles. The molecule has 1 fully saturated rings. The molecule has 2 N–H and O–H groups in total. The molecule has 7 heteroatoms. The maximum atomic E-state index is 13.2. The lowest BCUT2D eigenvalue weighted by molar-refractivity contribution is -0.112. The maximum absolute atomic E-state index is 13.2. The van der Waals surface area contributed by atoms with E-state index in [1.165, 1.54) is 22.5 Å². The summed E-state index contributed by atoms with van der Waals surface area (Å²) in [4.78, 5) is -0.0500. The second-order valence-corrected chi connectivity index (χ2v) is 7.43. The number of hydrogen-bond donors (Lipinski definition) is 1. The zero-order valence-corrected chi connectivity index (χ0v) is 12.4. The molecule has 2 rings (SSSR count). The van der Waals surface area contributed by atoms with E-state index in [4.69, 9.17) is 10.5 Å². The molecular formula is C13H19FN2O3S. The van der Waals surface area contributed by atoms with Crippen LogP contribution in [-0.2, 0) is 14.8 Å². The summed E-state index contributed by atoms with van der Waals surface area (Å²) in [5.74, 6) is -0.575. The molecule has 0 amide bonds. The monoisotopic (exact) mass is 302 g/mol. The summed E-state index contributed by atoms with van der Waals surface area (Å²) in [6.45, 7) is 4.24. The zero-order valence-electron chi connectivity index (χ0n) is 11.5. The van der Waals surface area contributed by atoms with Crippen molar-refractivity contribution < 1.29 is 17.5 Å². The third kappa shape index (κ3) is 3.17. The van der Waals surface area contributed by atoms with Crippen LogP contribution in [0.25, 0.3) is 0 Å². The Morgan fingerprint density at radius 3 is 2.80 bits per heavy atom. The van der Waals surface area contributed by atoms with Gasteiger partial charge < -0.3 is 10.5 Å². The number of hydrogen-bond acceptors (Lipinski definition) is 4. The second-order valence-electron chi connectivity index (χ2n) is 5.49. The van der Waals surface area contributed by atoms with Crippen LogP contribution in [0.15, 0.2) is 29.2 Å². The van der Waals surface area contributed by atoms with Crippen LogP contribution in [0.2, 0.25) is 0 Å². The van der Waals surface area contributed by atoms with E-state index in [0.29, 0.717) is 0 Å². The van der Waals surface area contributed by atoms with Crippen molar-refractivity contribution in [2.75, 3.05) is 19.6 Å². The van der Waals surface area contributed by atoms with E-state index in [0.717, 1.165) is 6.07 Å². The molecule has 0 aromatic heterocycles. The van der Waals surface area contributed by atoms with Crippen molar-refractivity contribution in [2.24, 2.45) is 5.73 Å². The Kier molecular flexibility index (Phi) is 4.15. The molecule has 0 bridgehead atoms. The zero-order chi connectivity index (χ0) is 15.0. The fraction of sp³-hybridized carbons (Fsp3) is 0.538. The largest absolute Gasteiger partial charge is 0.368 e. The number of morpholine rings is 1. The van der Waals surface area contributed by atoms with Crippen molar-refractivity contribution in [3.63, 3.8) is 0 Å². The Morgan fingerprint density at radius 1 is 1.50 bits per heavy atom. The molecule has 0 spiro atoms. The molecule has 0 aliphatic carbocycles. The minimum absolute atomic E-state index is 0.0500. The van der Waals surface area contributed by atoms with Gasteiger partial charge in [-0.05, 0) is 32.0 Å². The summed E-state index contributed by atoms with van der Waals surface area (Å²) in [5.41, 5.74) is 4.96. The van der Waals surface area contributed by atoms with Crippen molar-refractivity contribution in [2.45, 2.75) is 30.4 Å². The lowest BCUT2D eigenvalue weighted by atomic mass is 10.1. The Morgan fingerprint density at radius 2 is 2.20 bits per heavy atom. The van der Waals surface area contributed by atoms with Gasteiger partial charge in [0.25, 0.3) is 0 Å². The van der Waals surface area contributed by atoms with Crippen LogP contribution >= 0.6 is 0 Å². The first-order valence-electron chi connectivity index (χ1n) is 6.38. The molecule has 20 heavy (non-hydrogen) atoms. The van der Waals surface area contributed by atoms with Crippen LogP contribution in [-0.4, -0.2) is 44.1 Å². The highest BCUT2D eigenvalue weighted by Gasteiger charge is 2.38. The topological polar surface area (TPSA) is 72.6 Å². The van der Waals surface area contributed by atoms with Gasteiger partial charge in [-0.15, -0.1) is 0 Å². The highest BCUT2D eigenvalue weighted by atomic mass is 32.2. The molecule has 1 atom stereocenters. The average molecular weight is 302 g/mol. The van der Waals surface area contributed by atoms with E-state index in [9.17, 15) is 12.8 Å². The van der Waals surface area contributed by atoms with Crippen LogP contribution in [0.1, 0.15) is 13.8 Å². The summed E-state index contributed by atoms with van der Waals surface area (Å²) in [6, 6.07) is 5.01. The van der Waals surface area contributed by atoms with E-state index < -0.39 is 21.4 Å². The van der Waals surface area contributed by atoms with Crippen LogP contribution in [0.3, 0.4) is 0 Å². The van der Waals surface area contributed by atoms with Gasteiger partial charge in [-0.25, -0.2) is 12.8 Å². The smallest absolute Gasteiger partial charge is 0.243 e. The third-order valence-corrected chi connectivity index (χ3v) is 4.95. The minimum Gasteiger partial charge on any atom is -0.368 e. The van der Waals surface area contributed by atoms with Crippen molar-refractivity contribution in [1.82, 2.24) is 4.31 Å².